The molecular weight excluding hydrogens is 534 g/mol. The number of hydrogen-bond acceptors (Lipinski definition) is 8. The van der Waals surface area contributed by atoms with Gasteiger partial charge in [0.1, 0.15) is 11.4 Å². The Hall–Kier alpha value is -5.53. The number of nitrogens with one attached hydrogen (secondary N) is 3. The highest BCUT2D eigenvalue weighted by atomic mass is 16.4. The molecule has 0 bridgehead atoms. The standard InChI is InChI=1S/C27H23N7O7/c1-12-14-6-7-17(16(14)5-4-15(12)24(37)38)29-22(35)18-10-20(34-25(30-18)31-32-26(34)39)23(36)28-11-13-3-8-21-19(9-13)33(2)27(40)41-21/h3-5,8-10,17H,6-7,11H2,1-2H3,(H,28,36)(H,29,35)(H,32,39)(H,37,38)/t17-/m0/s1. The fraction of sp³-hybridized carbons (Fsp3) is 0.222. The Balaban J connectivity index is 1.26. The Morgan fingerprint density at radius 2 is 1.95 bits per heavy atom. The van der Waals surface area contributed by atoms with Crippen LogP contribution < -0.4 is 22.1 Å². The van der Waals surface area contributed by atoms with Crippen LogP contribution in [-0.2, 0) is 20.0 Å². The molecule has 0 aliphatic heterocycles. The summed E-state index contributed by atoms with van der Waals surface area (Å²) in [6.07, 6.45) is 1.16. The number of benzene rings is 2. The number of aromatic carboxylic acids is 1. The average Bonchev–Trinajstić information content (AvgIpc) is 3.62. The zero-order chi connectivity index (χ0) is 29.0. The molecule has 3 aromatic heterocycles. The molecule has 6 rings (SSSR count). The Kier molecular flexibility index (Phi) is 6.02. The Labute approximate surface area is 229 Å². The number of aromatic nitrogens is 5. The molecule has 2 aromatic carbocycles. The van der Waals surface area contributed by atoms with Gasteiger partial charge in [-0.3, -0.25) is 14.2 Å². The van der Waals surface area contributed by atoms with Crippen molar-refractivity contribution in [2.24, 2.45) is 7.05 Å². The number of nitrogens with zero attached hydrogens (tertiary/aromatic N) is 4. The van der Waals surface area contributed by atoms with Crippen LogP contribution in [0.3, 0.4) is 0 Å². The van der Waals surface area contributed by atoms with Gasteiger partial charge in [0.2, 0.25) is 0 Å². The smallest absolute Gasteiger partial charge is 0.419 e. The summed E-state index contributed by atoms with van der Waals surface area (Å²) in [5, 5.41) is 21.1. The molecule has 2 amide bonds. The summed E-state index contributed by atoms with van der Waals surface area (Å²) in [7, 11) is 1.57. The van der Waals surface area contributed by atoms with E-state index in [4.69, 9.17) is 4.42 Å². The summed E-state index contributed by atoms with van der Waals surface area (Å²) in [6, 6.07) is 9.07. The molecule has 0 radical (unpaired) electrons. The van der Waals surface area contributed by atoms with Gasteiger partial charge in [-0.1, -0.05) is 12.1 Å². The fourth-order valence-electron chi connectivity index (χ4n) is 5.25. The van der Waals surface area contributed by atoms with E-state index in [0.29, 0.717) is 35.1 Å². The fourth-order valence-corrected chi connectivity index (χ4v) is 5.25. The Bertz CT molecular complexity index is 2030. The lowest BCUT2D eigenvalue weighted by Crippen LogP contribution is -2.31. The van der Waals surface area contributed by atoms with Gasteiger partial charge in [0.05, 0.1) is 17.1 Å². The molecule has 1 aliphatic carbocycles. The second-order valence-electron chi connectivity index (χ2n) is 9.78. The lowest BCUT2D eigenvalue weighted by atomic mass is 9.98. The minimum Gasteiger partial charge on any atom is -0.478 e. The molecular formula is C27H23N7O7. The van der Waals surface area contributed by atoms with Crippen molar-refractivity contribution >= 4 is 34.7 Å². The molecule has 3 heterocycles. The van der Waals surface area contributed by atoms with E-state index in [1.165, 1.54) is 16.7 Å². The number of carbonyl (C=O) groups is 3. The molecule has 1 atom stereocenters. The topological polar surface area (TPSA) is 194 Å². The van der Waals surface area contributed by atoms with E-state index in [-0.39, 0.29) is 35.3 Å². The number of H-pyrrole nitrogens is 1. The number of carboxylic acids is 1. The first kappa shape index (κ1) is 25.7. The number of fused-ring (bicyclic) bond motifs is 3. The van der Waals surface area contributed by atoms with E-state index in [1.54, 1.807) is 38.2 Å². The molecule has 0 unspecified atom stereocenters. The van der Waals surface area contributed by atoms with Gasteiger partial charge in [-0.25, -0.2) is 28.9 Å². The number of amides is 2. The van der Waals surface area contributed by atoms with Crippen molar-refractivity contribution in [1.29, 1.82) is 0 Å². The molecule has 0 saturated carbocycles. The van der Waals surface area contributed by atoms with E-state index in [9.17, 15) is 29.1 Å². The maximum atomic E-state index is 13.3. The lowest BCUT2D eigenvalue weighted by Gasteiger charge is -2.15. The van der Waals surface area contributed by atoms with Crippen LogP contribution in [0.25, 0.3) is 16.9 Å². The van der Waals surface area contributed by atoms with E-state index < -0.39 is 29.2 Å². The third kappa shape index (κ3) is 4.34. The maximum Gasteiger partial charge on any atom is 0.419 e. The van der Waals surface area contributed by atoms with E-state index in [2.05, 4.69) is 25.8 Å². The second-order valence-corrected chi connectivity index (χ2v) is 9.78. The predicted molar refractivity (Wildman–Crippen MR) is 143 cm³/mol. The molecule has 14 nitrogen and oxygen atoms in total. The van der Waals surface area contributed by atoms with E-state index in [0.717, 1.165) is 15.5 Å². The van der Waals surface area contributed by atoms with Gasteiger partial charge in [0, 0.05) is 13.6 Å². The summed E-state index contributed by atoms with van der Waals surface area (Å²) in [5.74, 6) is -2.91. The zero-order valence-electron chi connectivity index (χ0n) is 21.8. The van der Waals surface area contributed by atoms with Gasteiger partial charge in [0.15, 0.2) is 5.58 Å². The first-order valence-electron chi connectivity index (χ1n) is 12.6. The van der Waals surface area contributed by atoms with Gasteiger partial charge in [-0.05, 0) is 66.3 Å². The number of rotatable bonds is 6. The summed E-state index contributed by atoms with van der Waals surface area (Å²) in [6.45, 7) is 1.80. The van der Waals surface area contributed by atoms with Crippen molar-refractivity contribution in [3.63, 3.8) is 0 Å². The molecule has 4 N–H and O–H groups in total. The van der Waals surface area contributed by atoms with Crippen LogP contribution >= 0.6 is 0 Å². The number of hydrogen-bond donors (Lipinski definition) is 4. The number of carbonyl (C=O) groups excluding carboxylic acids is 2. The van der Waals surface area contributed by atoms with Crippen molar-refractivity contribution in [2.45, 2.75) is 32.4 Å². The maximum absolute atomic E-state index is 13.3. The molecule has 41 heavy (non-hydrogen) atoms. The summed E-state index contributed by atoms with van der Waals surface area (Å²) in [5.41, 5.74) is 3.25. The second kappa shape index (κ2) is 9.59. The molecule has 1 aliphatic rings. The van der Waals surface area contributed by atoms with Gasteiger partial charge >= 0.3 is 17.4 Å². The summed E-state index contributed by atoms with van der Waals surface area (Å²) < 4.78 is 7.44. The minimum absolute atomic E-state index is 0.0582. The van der Waals surface area contributed by atoms with Crippen LogP contribution in [0.1, 0.15) is 66.1 Å². The van der Waals surface area contributed by atoms with Gasteiger partial charge in [-0.2, -0.15) is 0 Å². The average molecular weight is 558 g/mol. The Morgan fingerprint density at radius 1 is 1.15 bits per heavy atom. The quantitative estimate of drug-likeness (QED) is 0.237. The lowest BCUT2D eigenvalue weighted by molar-refractivity contribution is 0.0695. The largest absolute Gasteiger partial charge is 0.478 e. The van der Waals surface area contributed by atoms with Crippen LogP contribution in [0.2, 0.25) is 0 Å². The van der Waals surface area contributed by atoms with Crippen molar-refractivity contribution in [2.75, 3.05) is 0 Å². The highest BCUT2D eigenvalue weighted by Gasteiger charge is 2.29. The number of carboxylic acid groups (broad SMARTS) is 1. The molecule has 5 aromatic rings. The number of aryl methyl sites for hydroxylation is 1. The Morgan fingerprint density at radius 3 is 2.73 bits per heavy atom. The summed E-state index contributed by atoms with van der Waals surface area (Å²) >= 11 is 0. The number of oxazole rings is 1. The van der Waals surface area contributed by atoms with Crippen molar-refractivity contribution in [1.82, 2.24) is 34.8 Å². The summed E-state index contributed by atoms with van der Waals surface area (Å²) in [4.78, 5) is 66.3. The van der Waals surface area contributed by atoms with E-state index in [1.807, 2.05) is 0 Å². The molecule has 0 spiro atoms. The van der Waals surface area contributed by atoms with Crippen LogP contribution in [-0.4, -0.2) is 47.0 Å². The highest BCUT2D eigenvalue weighted by molar-refractivity contribution is 5.98. The zero-order valence-corrected chi connectivity index (χ0v) is 21.8. The normalized spacial score (nSPS) is 14.3. The van der Waals surface area contributed by atoms with Crippen LogP contribution in [0.4, 0.5) is 0 Å². The third-order valence-electron chi connectivity index (χ3n) is 7.39. The first-order chi connectivity index (χ1) is 19.6. The first-order valence-corrected chi connectivity index (χ1v) is 12.6. The van der Waals surface area contributed by atoms with Crippen LogP contribution in [0.15, 0.2) is 50.4 Å². The predicted octanol–water partition coefficient (Wildman–Crippen LogP) is 1.22. The molecule has 0 saturated heterocycles. The SMILES string of the molecule is Cc1c(C(=O)O)ccc2c1CC[C@@H]2NC(=O)c1cc(C(=O)NCc2ccc3oc(=O)n(C)c3c2)n2c(=O)[nH]nc2n1. The molecule has 0 fully saturated rings. The highest BCUT2D eigenvalue weighted by Crippen LogP contribution is 2.34. The van der Waals surface area contributed by atoms with Crippen LogP contribution in [0.5, 0.6) is 0 Å². The van der Waals surface area contributed by atoms with Gasteiger partial charge < -0.3 is 20.2 Å². The van der Waals surface area contributed by atoms with Gasteiger partial charge in [0.25, 0.3) is 17.6 Å². The molecule has 208 valence electrons. The van der Waals surface area contributed by atoms with Crippen LogP contribution in [0, 0.1) is 6.92 Å². The third-order valence-corrected chi connectivity index (χ3v) is 7.39. The number of aromatic amines is 1. The van der Waals surface area contributed by atoms with Gasteiger partial charge in [-0.15, -0.1) is 5.10 Å². The van der Waals surface area contributed by atoms with Crippen molar-refractivity contribution < 1.29 is 23.9 Å². The van der Waals surface area contributed by atoms with Crippen molar-refractivity contribution in [3.05, 3.63) is 96.6 Å². The van der Waals surface area contributed by atoms with Crippen molar-refractivity contribution in [3.8, 4) is 0 Å². The molecule has 14 heteroatoms. The van der Waals surface area contributed by atoms with E-state index >= 15 is 0 Å². The monoisotopic (exact) mass is 557 g/mol. The minimum atomic E-state index is -1.01.